The molecule has 1 saturated carbocycles. The van der Waals surface area contributed by atoms with E-state index in [0.29, 0.717) is 18.4 Å². The minimum Gasteiger partial charge on any atom is -0.390 e. The molecular formula is C18H28O2. The molecule has 1 aliphatic carbocycles. The van der Waals surface area contributed by atoms with Gasteiger partial charge in [0.1, 0.15) is 0 Å². The molecule has 2 rings (SSSR count). The van der Waals surface area contributed by atoms with Gasteiger partial charge in [-0.1, -0.05) is 43.2 Å². The van der Waals surface area contributed by atoms with Gasteiger partial charge < -0.3 is 9.84 Å². The average Bonchev–Trinajstić information content (AvgIpc) is 2.49. The Kier molecular flexibility index (Phi) is 6.06. The van der Waals surface area contributed by atoms with Crippen LogP contribution in [0.1, 0.15) is 57.4 Å². The number of hydrogen-bond donors (Lipinski definition) is 1. The van der Waals surface area contributed by atoms with Crippen molar-refractivity contribution >= 4 is 0 Å². The van der Waals surface area contributed by atoms with Gasteiger partial charge in [-0.15, -0.1) is 0 Å². The molecule has 2 nitrogen and oxygen atoms in total. The fraction of sp³-hybridized carbons (Fsp3) is 0.667. The summed E-state index contributed by atoms with van der Waals surface area (Å²) in [5, 5.41) is 10.3. The van der Waals surface area contributed by atoms with Gasteiger partial charge >= 0.3 is 0 Å². The highest BCUT2D eigenvalue weighted by Crippen LogP contribution is 2.40. The Labute approximate surface area is 123 Å². The summed E-state index contributed by atoms with van der Waals surface area (Å²) in [6, 6.07) is 10.8. The van der Waals surface area contributed by atoms with E-state index in [1.807, 2.05) is 13.8 Å². The van der Waals surface area contributed by atoms with Crippen molar-refractivity contribution in [2.24, 2.45) is 5.92 Å². The number of ether oxygens (including phenoxy) is 1. The Morgan fingerprint density at radius 3 is 2.60 bits per heavy atom. The lowest BCUT2D eigenvalue weighted by atomic mass is 9.73. The number of aliphatic hydroxyl groups excluding tert-OH is 1. The van der Waals surface area contributed by atoms with Crippen molar-refractivity contribution in [2.45, 2.75) is 64.1 Å². The van der Waals surface area contributed by atoms with Crippen molar-refractivity contribution in [2.75, 3.05) is 6.61 Å². The van der Waals surface area contributed by atoms with Gasteiger partial charge in [0.25, 0.3) is 0 Å². The molecule has 0 amide bonds. The van der Waals surface area contributed by atoms with E-state index in [4.69, 9.17) is 4.74 Å². The largest absolute Gasteiger partial charge is 0.390 e. The second-order valence-corrected chi connectivity index (χ2v) is 6.03. The van der Waals surface area contributed by atoms with Crippen LogP contribution in [0.15, 0.2) is 30.3 Å². The maximum absolute atomic E-state index is 10.3. The molecule has 1 aromatic carbocycles. The van der Waals surface area contributed by atoms with Gasteiger partial charge in [-0.25, -0.2) is 0 Å². The first kappa shape index (κ1) is 15.5. The number of aliphatic hydroxyl groups is 1. The lowest BCUT2D eigenvalue weighted by Gasteiger charge is -2.34. The normalized spacial score (nSPS) is 26.1. The summed E-state index contributed by atoms with van der Waals surface area (Å²) in [6.07, 6.45) is 5.56. The third-order valence-corrected chi connectivity index (χ3v) is 4.65. The van der Waals surface area contributed by atoms with E-state index in [2.05, 4.69) is 30.3 Å². The van der Waals surface area contributed by atoms with Crippen LogP contribution in [0.5, 0.6) is 0 Å². The molecule has 4 atom stereocenters. The standard InChI is InChI=1S/C18H28O2/c1-3-20-14(2)18(19)13-16-11-7-8-12-17(16)15-9-5-4-6-10-15/h4-6,9-10,14,16-19H,3,7-8,11-13H2,1-2H3. The summed E-state index contributed by atoms with van der Waals surface area (Å²) in [5.74, 6) is 1.19. The molecule has 1 N–H and O–H groups in total. The van der Waals surface area contributed by atoms with Gasteiger partial charge in [0, 0.05) is 6.61 Å². The van der Waals surface area contributed by atoms with Gasteiger partial charge in [0.15, 0.2) is 0 Å². The van der Waals surface area contributed by atoms with Crippen LogP contribution >= 0.6 is 0 Å². The van der Waals surface area contributed by atoms with Crippen LogP contribution in [-0.4, -0.2) is 23.9 Å². The third-order valence-electron chi connectivity index (χ3n) is 4.65. The zero-order chi connectivity index (χ0) is 14.4. The summed E-state index contributed by atoms with van der Waals surface area (Å²) in [6.45, 7) is 4.64. The number of rotatable bonds is 6. The first-order valence-corrected chi connectivity index (χ1v) is 8.07. The van der Waals surface area contributed by atoms with E-state index in [-0.39, 0.29) is 12.2 Å². The van der Waals surface area contributed by atoms with Gasteiger partial charge in [-0.2, -0.15) is 0 Å². The van der Waals surface area contributed by atoms with E-state index >= 15 is 0 Å². The topological polar surface area (TPSA) is 29.5 Å². The van der Waals surface area contributed by atoms with Crippen LogP contribution in [0, 0.1) is 5.92 Å². The summed E-state index contributed by atoms with van der Waals surface area (Å²) >= 11 is 0. The van der Waals surface area contributed by atoms with Gasteiger partial charge in [0.2, 0.25) is 0 Å². The monoisotopic (exact) mass is 276 g/mol. The first-order chi connectivity index (χ1) is 9.72. The van der Waals surface area contributed by atoms with Crippen molar-refractivity contribution in [3.05, 3.63) is 35.9 Å². The maximum atomic E-state index is 10.3. The van der Waals surface area contributed by atoms with Crippen molar-refractivity contribution in [3.63, 3.8) is 0 Å². The molecule has 0 saturated heterocycles. The molecule has 112 valence electrons. The Bertz CT molecular complexity index is 376. The molecule has 1 aliphatic rings. The fourth-order valence-electron chi connectivity index (χ4n) is 3.50. The summed E-state index contributed by atoms with van der Waals surface area (Å²) in [5.41, 5.74) is 1.44. The summed E-state index contributed by atoms with van der Waals surface area (Å²) in [7, 11) is 0. The van der Waals surface area contributed by atoms with Crippen LogP contribution in [-0.2, 0) is 4.74 Å². The Hall–Kier alpha value is -0.860. The number of hydrogen-bond acceptors (Lipinski definition) is 2. The third kappa shape index (κ3) is 4.07. The van der Waals surface area contributed by atoms with Crippen LogP contribution < -0.4 is 0 Å². The lowest BCUT2D eigenvalue weighted by Crippen LogP contribution is -2.31. The highest BCUT2D eigenvalue weighted by molar-refractivity contribution is 5.21. The summed E-state index contributed by atoms with van der Waals surface area (Å²) < 4.78 is 5.54. The van der Waals surface area contributed by atoms with Gasteiger partial charge in [-0.05, 0) is 50.5 Å². The molecule has 0 radical (unpaired) electrons. The van der Waals surface area contributed by atoms with Crippen molar-refractivity contribution < 1.29 is 9.84 Å². The molecule has 1 fully saturated rings. The molecule has 1 aromatic rings. The van der Waals surface area contributed by atoms with Crippen LogP contribution in [0.2, 0.25) is 0 Å². The molecule has 20 heavy (non-hydrogen) atoms. The Morgan fingerprint density at radius 1 is 1.20 bits per heavy atom. The highest BCUT2D eigenvalue weighted by Gasteiger charge is 2.29. The van der Waals surface area contributed by atoms with E-state index < -0.39 is 0 Å². The van der Waals surface area contributed by atoms with E-state index in [0.717, 1.165) is 6.42 Å². The van der Waals surface area contributed by atoms with E-state index in [1.165, 1.54) is 31.2 Å². The van der Waals surface area contributed by atoms with Gasteiger partial charge in [-0.3, -0.25) is 0 Å². The quantitative estimate of drug-likeness (QED) is 0.846. The van der Waals surface area contributed by atoms with E-state index in [9.17, 15) is 5.11 Å². The predicted molar refractivity (Wildman–Crippen MR) is 82.9 cm³/mol. The fourth-order valence-corrected chi connectivity index (χ4v) is 3.50. The smallest absolute Gasteiger partial charge is 0.0805 e. The highest BCUT2D eigenvalue weighted by atomic mass is 16.5. The minimum atomic E-state index is -0.343. The predicted octanol–water partition coefficient (Wildman–Crippen LogP) is 4.14. The van der Waals surface area contributed by atoms with Crippen molar-refractivity contribution in [1.29, 1.82) is 0 Å². The molecule has 0 aliphatic heterocycles. The SMILES string of the molecule is CCOC(C)C(O)CC1CCCCC1c1ccccc1. The van der Waals surface area contributed by atoms with Crippen LogP contribution in [0.4, 0.5) is 0 Å². The molecule has 4 unspecified atom stereocenters. The average molecular weight is 276 g/mol. The van der Waals surface area contributed by atoms with Crippen LogP contribution in [0.3, 0.4) is 0 Å². The molecule has 0 bridgehead atoms. The maximum Gasteiger partial charge on any atom is 0.0805 e. The second kappa shape index (κ2) is 7.80. The molecule has 2 heteroatoms. The lowest BCUT2D eigenvalue weighted by molar-refractivity contribution is -0.0348. The summed E-state index contributed by atoms with van der Waals surface area (Å²) in [4.78, 5) is 0. The van der Waals surface area contributed by atoms with Gasteiger partial charge in [0.05, 0.1) is 12.2 Å². The number of benzene rings is 1. The molecule has 0 heterocycles. The molecule has 0 spiro atoms. The first-order valence-electron chi connectivity index (χ1n) is 8.07. The molecule has 0 aromatic heterocycles. The van der Waals surface area contributed by atoms with E-state index in [1.54, 1.807) is 0 Å². The van der Waals surface area contributed by atoms with Crippen molar-refractivity contribution in [3.8, 4) is 0 Å². The Morgan fingerprint density at radius 2 is 1.90 bits per heavy atom. The molecular weight excluding hydrogens is 248 g/mol. The minimum absolute atomic E-state index is 0.0571. The second-order valence-electron chi connectivity index (χ2n) is 6.03. The zero-order valence-electron chi connectivity index (χ0n) is 12.8. The zero-order valence-corrected chi connectivity index (χ0v) is 12.8. The Balaban J connectivity index is 2.00. The van der Waals surface area contributed by atoms with Crippen molar-refractivity contribution in [1.82, 2.24) is 0 Å². The van der Waals surface area contributed by atoms with Crippen LogP contribution in [0.25, 0.3) is 0 Å².